The first-order chi connectivity index (χ1) is 9.09. The van der Waals surface area contributed by atoms with Crippen LogP contribution in [0.5, 0.6) is 0 Å². The number of nitrogens with two attached hydrogens (primary N) is 1. The molecule has 0 radical (unpaired) electrons. The first-order valence-electron chi connectivity index (χ1n) is 6.16. The van der Waals surface area contributed by atoms with Gasteiger partial charge in [0.25, 0.3) is 0 Å². The van der Waals surface area contributed by atoms with Crippen molar-refractivity contribution >= 4 is 6.09 Å². The molecule has 19 heavy (non-hydrogen) atoms. The smallest absolute Gasteiger partial charge is 0.404 e. The highest BCUT2D eigenvalue weighted by Crippen LogP contribution is 2.17. The van der Waals surface area contributed by atoms with Gasteiger partial charge in [0.1, 0.15) is 0 Å². The standard InChI is InChI=1S/C12H10.C4H9NO2/c1-3-7-11(8-4-1)12-9-5-2-6-10-12;1-3(2)7-4(5)6/h1-10H;3H,1-2H3,(H2,5,6). The van der Waals surface area contributed by atoms with Gasteiger partial charge >= 0.3 is 6.09 Å². The van der Waals surface area contributed by atoms with E-state index in [1.54, 1.807) is 13.8 Å². The third-order valence-electron chi connectivity index (χ3n) is 2.23. The summed E-state index contributed by atoms with van der Waals surface area (Å²) in [6.07, 6.45) is -0.813. The summed E-state index contributed by atoms with van der Waals surface area (Å²) in [5, 5.41) is 0. The van der Waals surface area contributed by atoms with Crippen LogP contribution in [-0.2, 0) is 4.74 Å². The minimum atomic E-state index is -0.713. The molecule has 0 bridgehead atoms. The molecule has 100 valence electrons. The number of hydrogen-bond donors (Lipinski definition) is 1. The molecular weight excluding hydrogens is 238 g/mol. The third-order valence-corrected chi connectivity index (χ3v) is 2.23. The molecule has 0 aliphatic rings. The summed E-state index contributed by atoms with van der Waals surface area (Å²) in [7, 11) is 0. The van der Waals surface area contributed by atoms with Crippen LogP contribution in [0, 0.1) is 0 Å². The van der Waals surface area contributed by atoms with E-state index in [4.69, 9.17) is 0 Å². The van der Waals surface area contributed by atoms with E-state index in [1.807, 2.05) is 12.1 Å². The largest absolute Gasteiger partial charge is 0.447 e. The lowest BCUT2D eigenvalue weighted by atomic mass is 10.1. The first kappa shape index (κ1) is 14.8. The van der Waals surface area contributed by atoms with Gasteiger partial charge in [-0.25, -0.2) is 4.79 Å². The topological polar surface area (TPSA) is 52.3 Å². The third kappa shape index (κ3) is 6.27. The van der Waals surface area contributed by atoms with Gasteiger partial charge in [0.15, 0.2) is 0 Å². The van der Waals surface area contributed by atoms with E-state index in [-0.39, 0.29) is 6.10 Å². The van der Waals surface area contributed by atoms with E-state index in [0.717, 1.165) is 0 Å². The zero-order valence-corrected chi connectivity index (χ0v) is 11.2. The van der Waals surface area contributed by atoms with Gasteiger partial charge in [0.05, 0.1) is 6.10 Å². The van der Waals surface area contributed by atoms with Crippen LogP contribution in [0.3, 0.4) is 0 Å². The zero-order valence-electron chi connectivity index (χ0n) is 11.2. The predicted molar refractivity (Wildman–Crippen MR) is 77.7 cm³/mol. The van der Waals surface area contributed by atoms with Crippen molar-refractivity contribution in [3.05, 3.63) is 60.7 Å². The maximum atomic E-state index is 9.81. The second kappa shape index (κ2) is 7.93. The quantitative estimate of drug-likeness (QED) is 0.888. The predicted octanol–water partition coefficient (Wildman–Crippen LogP) is 3.84. The van der Waals surface area contributed by atoms with Crippen molar-refractivity contribution in [2.45, 2.75) is 20.0 Å². The van der Waals surface area contributed by atoms with E-state index >= 15 is 0 Å². The fraction of sp³-hybridized carbons (Fsp3) is 0.188. The maximum absolute atomic E-state index is 9.81. The Morgan fingerprint density at radius 1 is 0.895 bits per heavy atom. The molecule has 0 fully saturated rings. The highest BCUT2D eigenvalue weighted by atomic mass is 16.6. The fourth-order valence-electron chi connectivity index (χ4n) is 1.49. The van der Waals surface area contributed by atoms with Crippen LogP contribution in [0.2, 0.25) is 0 Å². The van der Waals surface area contributed by atoms with Crippen molar-refractivity contribution in [1.29, 1.82) is 0 Å². The summed E-state index contributed by atoms with van der Waals surface area (Å²) in [5.41, 5.74) is 7.18. The van der Waals surface area contributed by atoms with E-state index < -0.39 is 6.09 Å². The summed E-state index contributed by atoms with van der Waals surface area (Å²) in [6, 6.07) is 20.8. The Kier molecular flexibility index (Phi) is 6.16. The Hall–Kier alpha value is -2.29. The van der Waals surface area contributed by atoms with Crippen molar-refractivity contribution < 1.29 is 9.53 Å². The molecule has 2 rings (SSSR count). The normalized spacial score (nSPS) is 9.42. The average Bonchev–Trinajstić information content (AvgIpc) is 2.40. The van der Waals surface area contributed by atoms with Gasteiger partial charge in [0, 0.05) is 0 Å². The Morgan fingerprint density at radius 3 is 1.47 bits per heavy atom. The molecule has 2 aromatic carbocycles. The molecule has 1 amide bonds. The second-order valence-electron chi connectivity index (χ2n) is 4.22. The van der Waals surface area contributed by atoms with Crippen LogP contribution < -0.4 is 5.73 Å². The summed E-state index contributed by atoms with van der Waals surface area (Å²) in [5.74, 6) is 0. The van der Waals surface area contributed by atoms with Crippen molar-refractivity contribution in [1.82, 2.24) is 0 Å². The van der Waals surface area contributed by atoms with Crippen molar-refractivity contribution in [3.8, 4) is 11.1 Å². The molecule has 0 aliphatic carbocycles. The SMILES string of the molecule is CC(C)OC(N)=O.c1ccc(-c2ccccc2)cc1. The lowest BCUT2D eigenvalue weighted by Crippen LogP contribution is -2.17. The van der Waals surface area contributed by atoms with Gasteiger partial charge in [-0.15, -0.1) is 0 Å². The number of primary amides is 1. The Balaban J connectivity index is 0.000000224. The van der Waals surface area contributed by atoms with Gasteiger partial charge in [-0.2, -0.15) is 0 Å². The molecule has 0 aliphatic heterocycles. The van der Waals surface area contributed by atoms with Crippen LogP contribution in [0.4, 0.5) is 4.79 Å². The van der Waals surface area contributed by atoms with Gasteiger partial charge in [-0.1, -0.05) is 60.7 Å². The van der Waals surface area contributed by atoms with E-state index in [1.165, 1.54) is 11.1 Å². The summed E-state index contributed by atoms with van der Waals surface area (Å²) < 4.78 is 4.39. The van der Waals surface area contributed by atoms with Gasteiger partial charge in [0.2, 0.25) is 0 Å². The number of carbonyl (C=O) groups is 1. The van der Waals surface area contributed by atoms with Crippen LogP contribution in [0.1, 0.15) is 13.8 Å². The van der Waals surface area contributed by atoms with Crippen molar-refractivity contribution in [3.63, 3.8) is 0 Å². The summed E-state index contributed by atoms with van der Waals surface area (Å²) in [4.78, 5) is 9.81. The highest BCUT2D eigenvalue weighted by molar-refractivity contribution is 5.64. The lowest BCUT2D eigenvalue weighted by Gasteiger charge is -2.01. The molecule has 2 aromatic rings. The molecule has 0 spiro atoms. The number of amides is 1. The molecular formula is C16H19NO2. The second-order valence-corrected chi connectivity index (χ2v) is 4.22. The van der Waals surface area contributed by atoms with Crippen LogP contribution in [0.15, 0.2) is 60.7 Å². The monoisotopic (exact) mass is 257 g/mol. The Labute approximate surface area is 114 Å². The molecule has 0 atom stereocenters. The molecule has 0 aromatic heterocycles. The van der Waals surface area contributed by atoms with Crippen molar-refractivity contribution in [2.75, 3.05) is 0 Å². The van der Waals surface area contributed by atoms with Crippen LogP contribution >= 0.6 is 0 Å². The molecule has 0 heterocycles. The lowest BCUT2D eigenvalue weighted by molar-refractivity contribution is 0.125. The maximum Gasteiger partial charge on any atom is 0.404 e. The molecule has 3 heteroatoms. The highest BCUT2D eigenvalue weighted by Gasteiger charge is 1.94. The average molecular weight is 257 g/mol. The van der Waals surface area contributed by atoms with E-state index in [0.29, 0.717) is 0 Å². The number of ether oxygens (including phenoxy) is 1. The van der Waals surface area contributed by atoms with Crippen molar-refractivity contribution in [2.24, 2.45) is 5.73 Å². The molecule has 0 saturated heterocycles. The molecule has 3 nitrogen and oxygen atoms in total. The number of hydrogen-bond acceptors (Lipinski definition) is 2. The van der Waals surface area contributed by atoms with Crippen LogP contribution in [-0.4, -0.2) is 12.2 Å². The number of carbonyl (C=O) groups excluding carboxylic acids is 1. The Bertz CT molecular complexity index is 443. The van der Waals surface area contributed by atoms with Gasteiger partial charge < -0.3 is 10.5 Å². The zero-order chi connectivity index (χ0) is 14.1. The minimum absolute atomic E-state index is 0.0995. The molecule has 0 unspecified atom stereocenters. The summed E-state index contributed by atoms with van der Waals surface area (Å²) >= 11 is 0. The number of rotatable bonds is 2. The Morgan fingerprint density at radius 2 is 1.26 bits per heavy atom. The molecule has 2 N–H and O–H groups in total. The van der Waals surface area contributed by atoms with Crippen LogP contribution in [0.25, 0.3) is 11.1 Å². The first-order valence-corrected chi connectivity index (χ1v) is 6.16. The fourth-order valence-corrected chi connectivity index (χ4v) is 1.49. The minimum Gasteiger partial charge on any atom is -0.447 e. The van der Waals surface area contributed by atoms with Gasteiger partial charge in [-0.05, 0) is 25.0 Å². The molecule has 0 saturated carbocycles. The summed E-state index contributed by atoms with van der Waals surface area (Å²) in [6.45, 7) is 3.48. The van der Waals surface area contributed by atoms with E-state index in [2.05, 4.69) is 59.0 Å². The van der Waals surface area contributed by atoms with E-state index in [9.17, 15) is 4.79 Å². The number of benzene rings is 2. The van der Waals surface area contributed by atoms with Gasteiger partial charge in [-0.3, -0.25) is 0 Å².